The monoisotopic (exact) mass is 436 g/mol. The summed E-state index contributed by atoms with van der Waals surface area (Å²) in [4.78, 5) is 25.1. The molecular weight excluding hydrogens is 408 g/mol. The van der Waals surface area contributed by atoms with Crippen LogP contribution in [0.25, 0.3) is 11.0 Å². The van der Waals surface area contributed by atoms with E-state index in [9.17, 15) is 4.79 Å². The third-order valence-electron chi connectivity index (χ3n) is 6.96. The Morgan fingerprint density at radius 1 is 1.19 bits per heavy atom. The van der Waals surface area contributed by atoms with Crippen molar-refractivity contribution >= 4 is 28.5 Å². The van der Waals surface area contributed by atoms with Crippen molar-refractivity contribution in [2.24, 2.45) is 11.3 Å². The van der Waals surface area contributed by atoms with Gasteiger partial charge in [0.25, 0.3) is 5.91 Å². The molecule has 0 saturated carbocycles. The van der Waals surface area contributed by atoms with Crippen LogP contribution >= 0.6 is 11.6 Å². The topological polar surface area (TPSA) is 52.2 Å². The van der Waals surface area contributed by atoms with E-state index in [0.29, 0.717) is 12.0 Å². The summed E-state index contributed by atoms with van der Waals surface area (Å²) in [5, 5.41) is 0.780. The summed E-state index contributed by atoms with van der Waals surface area (Å²) in [5.74, 6) is 0.749. The van der Waals surface area contributed by atoms with Crippen molar-refractivity contribution < 1.29 is 4.79 Å². The Morgan fingerprint density at radius 3 is 2.65 bits per heavy atom. The van der Waals surface area contributed by atoms with Crippen molar-refractivity contribution in [3.8, 4) is 0 Å². The number of amides is 1. The number of imidazole rings is 1. The highest BCUT2D eigenvalue weighted by Gasteiger charge is 2.54. The number of carbonyl (C=O) groups is 1. The van der Waals surface area contributed by atoms with Gasteiger partial charge in [0, 0.05) is 48.2 Å². The lowest BCUT2D eigenvalue weighted by atomic mass is 9.63. The molecule has 2 aliphatic heterocycles. The number of benzene rings is 2. The predicted molar refractivity (Wildman–Crippen MR) is 124 cm³/mol. The van der Waals surface area contributed by atoms with Gasteiger partial charge in [-0.15, -0.1) is 0 Å². The fourth-order valence-corrected chi connectivity index (χ4v) is 5.67. The van der Waals surface area contributed by atoms with Crippen LogP contribution in [0.1, 0.15) is 48.7 Å². The zero-order chi connectivity index (χ0) is 21.6. The van der Waals surface area contributed by atoms with E-state index in [1.165, 1.54) is 5.56 Å². The van der Waals surface area contributed by atoms with Crippen LogP contribution in [0.3, 0.4) is 0 Å². The standard InChI is InChI=1S/C25H29ClN4O/c1-17(2)14-30-15-25(23(30)18-3-6-20(26)7-4-18)9-11-29(12-10-25)24(31)19-5-8-21-22(13-19)28-16-27-21/h3-8,13,16-17,23H,9-12,14-15H2,1-2H3,(H,27,28). The van der Waals surface area contributed by atoms with Crippen molar-refractivity contribution in [1.82, 2.24) is 19.8 Å². The van der Waals surface area contributed by atoms with Gasteiger partial charge in [-0.3, -0.25) is 9.69 Å². The number of piperidine rings is 1. The number of carbonyl (C=O) groups excluding carboxylic acids is 1. The molecule has 31 heavy (non-hydrogen) atoms. The molecule has 2 fully saturated rings. The van der Waals surface area contributed by atoms with Gasteiger partial charge in [-0.05, 0) is 54.7 Å². The minimum atomic E-state index is 0.118. The number of nitrogens with zero attached hydrogens (tertiary/aromatic N) is 3. The Morgan fingerprint density at radius 2 is 1.94 bits per heavy atom. The van der Waals surface area contributed by atoms with Crippen molar-refractivity contribution in [2.75, 3.05) is 26.2 Å². The number of rotatable bonds is 4. The number of aromatic nitrogens is 2. The Balaban J connectivity index is 1.32. The van der Waals surface area contributed by atoms with Crippen LogP contribution in [-0.4, -0.2) is 51.9 Å². The van der Waals surface area contributed by atoms with Crippen molar-refractivity contribution in [1.29, 1.82) is 0 Å². The van der Waals surface area contributed by atoms with E-state index in [1.807, 2.05) is 35.2 Å². The lowest BCUT2D eigenvalue weighted by molar-refractivity contribution is -0.112. The molecule has 3 aromatic rings. The maximum atomic E-state index is 13.1. The number of hydrogen-bond donors (Lipinski definition) is 1. The maximum absolute atomic E-state index is 13.1. The second kappa shape index (κ2) is 7.95. The maximum Gasteiger partial charge on any atom is 0.253 e. The molecule has 1 unspecified atom stereocenters. The van der Waals surface area contributed by atoms with Gasteiger partial charge in [-0.1, -0.05) is 37.6 Å². The summed E-state index contributed by atoms with van der Waals surface area (Å²) in [6, 6.07) is 14.5. The van der Waals surface area contributed by atoms with E-state index < -0.39 is 0 Å². The summed E-state index contributed by atoms with van der Waals surface area (Å²) in [6.07, 6.45) is 3.74. The van der Waals surface area contributed by atoms with Crippen molar-refractivity contribution in [3.05, 3.63) is 64.9 Å². The van der Waals surface area contributed by atoms with Crippen LogP contribution in [0, 0.1) is 11.3 Å². The van der Waals surface area contributed by atoms with E-state index in [1.54, 1.807) is 6.33 Å². The van der Waals surface area contributed by atoms with Crippen LogP contribution in [0.4, 0.5) is 0 Å². The van der Waals surface area contributed by atoms with Crippen LogP contribution in [-0.2, 0) is 0 Å². The number of aromatic amines is 1. The van der Waals surface area contributed by atoms with E-state index in [4.69, 9.17) is 11.6 Å². The quantitative estimate of drug-likeness (QED) is 0.615. The molecule has 1 amide bonds. The normalized spacial score (nSPS) is 21.0. The third kappa shape index (κ3) is 3.74. The highest BCUT2D eigenvalue weighted by Crippen LogP contribution is 2.55. The van der Waals surface area contributed by atoms with E-state index in [0.717, 1.165) is 60.6 Å². The number of nitrogens with one attached hydrogen (secondary N) is 1. The lowest BCUT2D eigenvalue weighted by Crippen LogP contribution is -2.63. The predicted octanol–water partition coefficient (Wildman–Crippen LogP) is 5.15. The second-order valence-corrected chi connectivity index (χ2v) is 10.0. The fourth-order valence-electron chi connectivity index (χ4n) is 5.54. The van der Waals surface area contributed by atoms with Crippen molar-refractivity contribution in [3.63, 3.8) is 0 Å². The Kier molecular flexibility index (Phi) is 5.27. The number of likely N-dealkylation sites (tertiary alicyclic amines) is 2. The first-order chi connectivity index (χ1) is 14.9. The highest BCUT2D eigenvalue weighted by atomic mass is 35.5. The van der Waals surface area contributed by atoms with Crippen LogP contribution in [0.2, 0.25) is 5.02 Å². The first-order valence-corrected chi connectivity index (χ1v) is 11.5. The molecule has 1 spiro atoms. The summed E-state index contributed by atoms with van der Waals surface area (Å²) >= 11 is 6.15. The van der Waals surface area contributed by atoms with Gasteiger partial charge in [0.2, 0.25) is 0 Å². The minimum Gasteiger partial charge on any atom is -0.345 e. The number of hydrogen-bond acceptors (Lipinski definition) is 3. The smallest absolute Gasteiger partial charge is 0.253 e. The molecule has 3 heterocycles. The zero-order valence-electron chi connectivity index (χ0n) is 18.1. The van der Waals surface area contributed by atoms with Gasteiger partial charge in [0.15, 0.2) is 0 Å². The molecular formula is C25H29ClN4O. The fraction of sp³-hybridized carbons (Fsp3) is 0.440. The zero-order valence-corrected chi connectivity index (χ0v) is 18.9. The molecule has 2 aromatic carbocycles. The lowest BCUT2D eigenvalue weighted by Gasteiger charge is -2.61. The average molecular weight is 437 g/mol. The van der Waals surface area contributed by atoms with Gasteiger partial charge < -0.3 is 9.88 Å². The van der Waals surface area contributed by atoms with Crippen LogP contribution in [0.5, 0.6) is 0 Å². The molecule has 1 N–H and O–H groups in total. The van der Waals surface area contributed by atoms with Gasteiger partial charge in [0.1, 0.15) is 0 Å². The molecule has 5 nitrogen and oxygen atoms in total. The second-order valence-electron chi connectivity index (χ2n) is 9.57. The van der Waals surface area contributed by atoms with Gasteiger partial charge >= 0.3 is 0 Å². The third-order valence-corrected chi connectivity index (χ3v) is 7.21. The van der Waals surface area contributed by atoms with Gasteiger partial charge in [-0.25, -0.2) is 4.98 Å². The van der Waals surface area contributed by atoms with E-state index >= 15 is 0 Å². The summed E-state index contributed by atoms with van der Waals surface area (Å²) in [7, 11) is 0. The SMILES string of the molecule is CC(C)CN1CC2(CCN(C(=O)c3ccc4nc[nH]c4c3)CC2)C1c1ccc(Cl)cc1. The molecule has 2 saturated heterocycles. The molecule has 1 atom stereocenters. The molecule has 5 rings (SSSR count). The van der Waals surface area contributed by atoms with Gasteiger partial charge in [0.05, 0.1) is 17.4 Å². The molecule has 6 heteroatoms. The molecule has 0 aliphatic carbocycles. The summed E-state index contributed by atoms with van der Waals surface area (Å²) in [6.45, 7) is 8.38. The van der Waals surface area contributed by atoms with E-state index in [2.05, 4.69) is 40.8 Å². The molecule has 0 radical (unpaired) electrons. The number of halogens is 1. The Hall–Kier alpha value is -2.37. The van der Waals surface area contributed by atoms with Crippen LogP contribution < -0.4 is 0 Å². The number of H-pyrrole nitrogens is 1. The molecule has 162 valence electrons. The van der Waals surface area contributed by atoms with Gasteiger partial charge in [-0.2, -0.15) is 0 Å². The Bertz CT molecular complexity index is 1080. The van der Waals surface area contributed by atoms with Crippen molar-refractivity contribution in [2.45, 2.75) is 32.7 Å². The number of fused-ring (bicyclic) bond motifs is 1. The van der Waals surface area contributed by atoms with Crippen LogP contribution in [0.15, 0.2) is 48.8 Å². The Labute approximate surface area is 188 Å². The molecule has 0 bridgehead atoms. The minimum absolute atomic E-state index is 0.118. The largest absolute Gasteiger partial charge is 0.345 e. The molecule has 1 aromatic heterocycles. The molecule has 2 aliphatic rings. The highest BCUT2D eigenvalue weighted by molar-refractivity contribution is 6.30. The summed E-state index contributed by atoms with van der Waals surface area (Å²) < 4.78 is 0. The first-order valence-electron chi connectivity index (χ1n) is 11.2. The average Bonchev–Trinajstić information content (AvgIpc) is 3.22. The van der Waals surface area contributed by atoms with E-state index in [-0.39, 0.29) is 11.3 Å². The summed E-state index contributed by atoms with van der Waals surface area (Å²) in [5.41, 5.74) is 4.12. The first kappa shape index (κ1) is 20.5.